The summed E-state index contributed by atoms with van der Waals surface area (Å²) in [6.07, 6.45) is 5.93. The monoisotopic (exact) mass is 125 g/mol. The van der Waals surface area contributed by atoms with Gasteiger partial charge in [0.15, 0.2) is 0 Å². The SMILES string of the molecule is CS(C)(C)[S+]=O. The number of hydrogen-bond acceptors (Lipinski definition) is 1. The lowest BCUT2D eigenvalue weighted by Gasteiger charge is -1.94. The van der Waals surface area contributed by atoms with Gasteiger partial charge in [-0.3, -0.25) is 0 Å². The predicted molar refractivity (Wildman–Crippen MR) is 33.4 cm³/mol. The molecule has 0 aliphatic rings. The minimum absolute atomic E-state index is 0.715. The van der Waals surface area contributed by atoms with E-state index in [1.165, 1.54) is 0 Å². The van der Waals surface area contributed by atoms with Crippen LogP contribution in [0.15, 0.2) is 0 Å². The van der Waals surface area contributed by atoms with Gasteiger partial charge in [0.1, 0.15) is 0 Å². The van der Waals surface area contributed by atoms with E-state index in [-0.39, 0.29) is 0 Å². The van der Waals surface area contributed by atoms with Crippen LogP contribution in [0, 0.1) is 0 Å². The maximum Gasteiger partial charge on any atom is 0.519 e. The van der Waals surface area contributed by atoms with Crippen LogP contribution in [0.1, 0.15) is 0 Å². The highest BCUT2D eigenvalue weighted by atomic mass is 33.2. The van der Waals surface area contributed by atoms with Crippen molar-refractivity contribution in [3.05, 3.63) is 0 Å². The number of hydrogen-bond donors (Lipinski definition) is 0. The van der Waals surface area contributed by atoms with Crippen LogP contribution in [-0.4, -0.2) is 18.8 Å². The van der Waals surface area contributed by atoms with Crippen molar-refractivity contribution in [1.29, 1.82) is 0 Å². The van der Waals surface area contributed by atoms with E-state index in [4.69, 9.17) is 0 Å². The molecule has 3 heteroatoms. The first-order chi connectivity index (χ1) is 2.56. The average molecular weight is 125 g/mol. The first kappa shape index (κ1) is 6.37. The van der Waals surface area contributed by atoms with Crippen LogP contribution in [-0.2, 0) is 14.9 Å². The third kappa shape index (κ3) is 4.37. The minimum Gasteiger partial charge on any atom is 0.0183 e. The molecule has 0 aromatic rings. The van der Waals surface area contributed by atoms with Crippen molar-refractivity contribution in [2.45, 2.75) is 0 Å². The van der Waals surface area contributed by atoms with Gasteiger partial charge < -0.3 is 0 Å². The molecule has 0 heterocycles. The minimum atomic E-state index is -0.801. The molecule has 6 heavy (non-hydrogen) atoms. The van der Waals surface area contributed by atoms with Crippen molar-refractivity contribution in [3.8, 4) is 0 Å². The van der Waals surface area contributed by atoms with Crippen LogP contribution in [0.25, 0.3) is 0 Å². The molecule has 0 N–H and O–H groups in total. The van der Waals surface area contributed by atoms with Crippen LogP contribution < -0.4 is 0 Å². The highest BCUT2D eigenvalue weighted by Gasteiger charge is 2.16. The smallest absolute Gasteiger partial charge is 0.0183 e. The highest BCUT2D eigenvalue weighted by Crippen LogP contribution is 2.32. The Bertz CT molecular complexity index is 54.3. The van der Waals surface area contributed by atoms with Crippen molar-refractivity contribution in [3.63, 3.8) is 0 Å². The first-order valence-electron chi connectivity index (χ1n) is 1.56. The molecule has 0 aromatic carbocycles. The van der Waals surface area contributed by atoms with Gasteiger partial charge >= 0.3 is 10.7 Å². The summed E-state index contributed by atoms with van der Waals surface area (Å²) < 4.78 is 9.91. The zero-order chi connectivity index (χ0) is 5.21. The molecule has 38 valence electrons. The van der Waals surface area contributed by atoms with E-state index in [9.17, 15) is 4.21 Å². The van der Waals surface area contributed by atoms with Crippen LogP contribution in [0.2, 0.25) is 0 Å². The fourth-order valence-corrected chi connectivity index (χ4v) is 0. The first-order valence-corrected chi connectivity index (χ1v) is 5.67. The van der Waals surface area contributed by atoms with E-state index in [1.807, 2.05) is 18.8 Å². The lowest BCUT2D eigenvalue weighted by molar-refractivity contribution is 0.610. The van der Waals surface area contributed by atoms with Crippen molar-refractivity contribution in [2.24, 2.45) is 0 Å². The Morgan fingerprint density at radius 2 is 1.50 bits per heavy atom. The molecule has 0 radical (unpaired) electrons. The van der Waals surface area contributed by atoms with Gasteiger partial charge in [0.2, 0.25) is 0 Å². The van der Waals surface area contributed by atoms with Crippen molar-refractivity contribution >= 4 is 19.8 Å². The zero-order valence-electron chi connectivity index (χ0n) is 4.22. The van der Waals surface area contributed by atoms with Gasteiger partial charge in [0.25, 0.3) is 0 Å². The molecule has 0 amide bonds. The fourth-order valence-electron chi connectivity index (χ4n) is 0. The lowest BCUT2D eigenvalue weighted by atomic mass is 11.9. The molecule has 0 fully saturated rings. The van der Waals surface area contributed by atoms with Crippen LogP contribution >= 0.6 is 9.06 Å². The molecular weight excluding hydrogens is 116 g/mol. The molecule has 1 nitrogen and oxygen atoms in total. The summed E-state index contributed by atoms with van der Waals surface area (Å²) in [6.45, 7) is 0. The summed E-state index contributed by atoms with van der Waals surface area (Å²) in [5.74, 6) is 0. The number of rotatable bonds is 1. The fraction of sp³-hybridized carbons (Fsp3) is 1.00. The Labute approximate surface area is 43.3 Å². The molecule has 0 aliphatic carbocycles. The molecule has 0 aromatic heterocycles. The van der Waals surface area contributed by atoms with E-state index in [0.29, 0.717) is 10.7 Å². The van der Waals surface area contributed by atoms with E-state index in [1.54, 1.807) is 0 Å². The maximum absolute atomic E-state index is 9.91. The van der Waals surface area contributed by atoms with Gasteiger partial charge in [0.05, 0.1) is 4.21 Å². The van der Waals surface area contributed by atoms with Gasteiger partial charge in [-0.1, -0.05) is 0 Å². The zero-order valence-corrected chi connectivity index (χ0v) is 5.86. The molecule has 0 saturated carbocycles. The van der Waals surface area contributed by atoms with Gasteiger partial charge in [-0.25, -0.2) is 0 Å². The summed E-state index contributed by atoms with van der Waals surface area (Å²) in [6, 6.07) is 0. The largest absolute Gasteiger partial charge is 0.519 e. The molecule has 0 unspecified atom stereocenters. The maximum atomic E-state index is 9.91. The van der Waals surface area contributed by atoms with Gasteiger partial charge in [-0.05, 0) is 0 Å². The molecule has 0 aliphatic heterocycles. The third-order valence-corrected chi connectivity index (χ3v) is 1.84. The topological polar surface area (TPSA) is 17.1 Å². The highest BCUT2D eigenvalue weighted by molar-refractivity contribution is 8.81. The van der Waals surface area contributed by atoms with E-state index < -0.39 is 9.06 Å². The van der Waals surface area contributed by atoms with Gasteiger partial charge in [-0.2, -0.15) is 0 Å². The Kier molecular flexibility index (Phi) is 2.00. The Hall–Kier alpha value is 0.370. The Balaban J connectivity index is 3.45. The van der Waals surface area contributed by atoms with Crippen molar-refractivity contribution in [1.82, 2.24) is 0 Å². The quantitative estimate of drug-likeness (QED) is 0.378. The third-order valence-electron chi connectivity index (χ3n) is 0.204. The standard InChI is InChI=1S/C3H9OS2/c1-6(2,3)5-4/h1-3H3/q+1. The van der Waals surface area contributed by atoms with Crippen LogP contribution in [0.4, 0.5) is 0 Å². The Morgan fingerprint density at radius 3 is 1.50 bits per heavy atom. The van der Waals surface area contributed by atoms with Gasteiger partial charge in [0, 0.05) is 27.8 Å². The van der Waals surface area contributed by atoms with Crippen LogP contribution in [0.5, 0.6) is 0 Å². The molecule has 0 spiro atoms. The van der Waals surface area contributed by atoms with Gasteiger partial charge in [-0.15, -0.1) is 0 Å². The predicted octanol–water partition coefficient (Wildman–Crippen LogP) is 1.02. The molecule has 0 bridgehead atoms. The summed E-state index contributed by atoms with van der Waals surface area (Å²) in [4.78, 5) is 0. The summed E-state index contributed by atoms with van der Waals surface area (Å²) in [5.41, 5.74) is 0. The molecular formula is C3H9OS2+. The normalized spacial score (nSPS) is 13.8. The van der Waals surface area contributed by atoms with E-state index in [2.05, 4.69) is 0 Å². The molecule has 0 atom stereocenters. The lowest BCUT2D eigenvalue weighted by Crippen LogP contribution is -1.84. The summed E-state index contributed by atoms with van der Waals surface area (Å²) >= 11 is 0. The van der Waals surface area contributed by atoms with Crippen molar-refractivity contribution in [2.75, 3.05) is 18.8 Å². The second-order valence-electron chi connectivity index (χ2n) is 1.79. The second kappa shape index (κ2) is 1.89. The van der Waals surface area contributed by atoms with Crippen molar-refractivity contribution < 1.29 is 4.21 Å². The summed E-state index contributed by atoms with van der Waals surface area (Å²) in [5, 5.41) is 0. The average Bonchev–Trinajstić information content (AvgIpc) is 1.35. The summed E-state index contributed by atoms with van der Waals surface area (Å²) in [7, 11) is -0.0856. The van der Waals surface area contributed by atoms with Crippen LogP contribution in [0.3, 0.4) is 0 Å². The molecule has 0 rings (SSSR count). The Morgan fingerprint density at radius 1 is 1.33 bits per heavy atom. The van der Waals surface area contributed by atoms with E-state index in [0.717, 1.165) is 0 Å². The molecule has 0 saturated heterocycles. The van der Waals surface area contributed by atoms with E-state index >= 15 is 0 Å². The second-order valence-corrected chi connectivity index (χ2v) is 8.79.